The summed E-state index contributed by atoms with van der Waals surface area (Å²) < 4.78 is 5.51. The van der Waals surface area contributed by atoms with E-state index in [9.17, 15) is 5.11 Å². The predicted octanol–water partition coefficient (Wildman–Crippen LogP) is 1.84. The number of nitrogens with one attached hydrogen (secondary N) is 2. The molecule has 0 radical (unpaired) electrons. The summed E-state index contributed by atoms with van der Waals surface area (Å²) in [7, 11) is 1.76. The van der Waals surface area contributed by atoms with E-state index in [1.54, 1.807) is 7.05 Å². The Morgan fingerprint density at radius 2 is 2.30 bits per heavy atom. The summed E-state index contributed by atoms with van der Waals surface area (Å²) in [5.41, 5.74) is 1.21. The Kier molecular flexibility index (Phi) is 7.15. The minimum Gasteiger partial charge on any atom is -0.396 e. The van der Waals surface area contributed by atoms with Crippen LogP contribution in [0.25, 0.3) is 0 Å². The molecule has 3 N–H and O–H groups in total. The summed E-state index contributed by atoms with van der Waals surface area (Å²) in [6.07, 6.45) is 2.60. The standard InChI is InChI=1S/C17H26ClN3O2/c1-19-16(20-8-5-14-3-2-4-15(18)11-14)21-12-17(6-9-22)7-10-23-13-17/h2-4,11,22H,5-10,12-13H2,1H3,(H2,19,20,21). The number of benzene rings is 1. The molecule has 0 aromatic heterocycles. The number of nitrogens with zero attached hydrogens (tertiary/aromatic N) is 1. The van der Waals surface area contributed by atoms with Gasteiger partial charge < -0.3 is 20.5 Å². The second-order valence-electron chi connectivity index (χ2n) is 6.01. The van der Waals surface area contributed by atoms with Crippen LogP contribution in [0.3, 0.4) is 0 Å². The molecule has 128 valence electrons. The second kappa shape index (κ2) is 9.11. The van der Waals surface area contributed by atoms with Crippen molar-refractivity contribution in [1.29, 1.82) is 0 Å². The van der Waals surface area contributed by atoms with Gasteiger partial charge in [0.25, 0.3) is 0 Å². The molecular weight excluding hydrogens is 314 g/mol. The van der Waals surface area contributed by atoms with Crippen molar-refractivity contribution in [3.8, 4) is 0 Å². The lowest BCUT2D eigenvalue weighted by Crippen LogP contribution is -2.45. The quantitative estimate of drug-likeness (QED) is 0.524. The molecule has 0 saturated carbocycles. The number of guanidine groups is 1. The third-order valence-corrected chi connectivity index (χ3v) is 4.51. The minimum absolute atomic E-state index is 0.0132. The largest absolute Gasteiger partial charge is 0.396 e. The highest BCUT2D eigenvalue weighted by Gasteiger charge is 2.34. The van der Waals surface area contributed by atoms with Crippen molar-refractivity contribution >= 4 is 17.6 Å². The fraction of sp³-hybridized carbons (Fsp3) is 0.588. The lowest BCUT2D eigenvalue weighted by Gasteiger charge is -2.27. The Labute approximate surface area is 143 Å². The molecule has 0 bridgehead atoms. The Balaban J connectivity index is 1.77. The minimum atomic E-state index is 0.0132. The van der Waals surface area contributed by atoms with Crippen LogP contribution in [0.2, 0.25) is 5.02 Å². The van der Waals surface area contributed by atoms with E-state index in [1.165, 1.54) is 5.56 Å². The van der Waals surface area contributed by atoms with Crippen LogP contribution >= 0.6 is 11.6 Å². The zero-order chi connectivity index (χ0) is 16.5. The van der Waals surface area contributed by atoms with Gasteiger partial charge in [-0.2, -0.15) is 0 Å². The molecule has 1 aliphatic heterocycles. The Morgan fingerprint density at radius 3 is 2.96 bits per heavy atom. The van der Waals surface area contributed by atoms with Gasteiger partial charge in [0.1, 0.15) is 0 Å². The maximum absolute atomic E-state index is 9.26. The average molecular weight is 340 g/mol. The summed E-state index contributed by atoms with van der Waals surface area (Å²) in [5.74, 6) is 0.774. The fourth-order valence-corrected chi connectivity index (χ4v) is 3.03. The van der Waals surface area contributed by atoms with Crippen molar-refractivity contribution in [2.45, 2.75) is 19.3 Å². The molecule has 1 fully saturated rings. The molecule has 0 spiro atoms. The normalized spacial score (nSPS) is 21.4. The maximum Gasteiger partial charge on any atom is 0.191 e. The van der Waals surface area contributed by atoms with Gasteiger partial charge in [0, 0.05) is 43.8 Å². The van der Waals surface area contributed by atoms with E-state index >= 15 is 0 Å². The molecule has 2 rings (SSSR count). The fourth-order valence-electron chi connectivity index (χ4n) is 2.82. The zero-order valence-electron chi connectivity index (χ0n) is 13.6. The Hall–Kier alpha value is -1.30. The highest BCUT2D eigenvalue weighted by molar-refractivity contribution is 6.30. The first-order valence-electron chi connectivity index (χ1n) is 8.05. The third-order valence-electron chi connectivity index (χ3n) is 4.28. The number of aliphatic hydroxyl groups is 1. The van der Waals surface area contributed by atoms with Crippen molar-refractivity contribution in [3.63, 3.8) is 0 Å². The van der Waals surface area contributed by atoms with Crippen LogP contribution in [0.5, 0.6) is 0 Å². The van der Waals surface area contributed by atoms with E-state index in [2.05, 4.69) is 21.7 Å². The summed E-state index contributed by atoms with van der Waals surface area (Å²) in [5, 5.41) is 16.7. The van der Waals surface area contributed by atoms with Gasteiger partial charge in [0.05, 0.1) is 6.61 Å². The smallest absolute Gasteiger partial charge is 0.191 e. The molecule has 0 amide bonds. The van der Waals surface area contributed by atoms with Gasteiger partial charge in [0.15, 0.2) is 5.96 Å². The van der Waals surface area contributed by atoms with Crippen LogP contribution in [0.4, 0.5) is 0 Å². The summed E-state index contributed by atoms with van der Waals surface area (Å²) in [4.78, 5) is 4.25. The number of halogens is 1. The summed E-state index contributed by atoms with van der Waals surface area (Å²) in [6, 6.07) is 7.88. The molecule has 1 saturated heterocycles. The molecule has 23 heavy (non-hydrogen) atoms. The van der Waals surface area contributed by atoms with Gasteiger partial charge in [-0.25, -0.2) is 0 Å². The highest BCUT2D eigenvalue weighted by Crippen LogP contribution is 2.31. The van der Waals surface area contributed by atoms with E-state index in [1.807, 2.05) is 18.2 Å². The molecule has 1 aromatic rings. The zero-order valence-corrected chi connectivity index (χ0v) is 14.4. The predicted molar refractivity (Wildman–Crippen MR) is 94.1 cm³/mol. The molecule has 1 aliphatic rings. The molecule has 1 unspecified atom stereocenters. The third kappa shape index (κ3) is 5.68. The lowest BCUT2D eigenvalue weighted by molar-refractivity contribution is 0.127. The summed E-state index contributed by atoms with van der Waals surface area (Å²) in [6.45, 7) is 3.18. The number of aliphatic hydroxyl groups excluding tert-OH is 1. The van der Waals surface area contributed by atoms with E-state index in [4.69, 9.17) is 16.3 Å². The first-order valence-corrected chi connectivity index (χ1v) is 8.43. The average Bonchev–Trinajstić information content (AvgIpc) is 3.00. The molecule has 0 aliphatic carbocycles. The molecule has 1 atom stereocenters. The van der Waals surface area contributed by atoms with Crippen molar-refractivity contribution in [2.24, 2.45) is 10.4 Å². The van der Waals surface area contributed by atoms with E-state index < -0.39 is 0 Å². The van der Waals surface area contributed by atoms with E-state index in [-0.39, 0.29) is 12.0 Å². The van der Waals surface area contributed by atoms with Gasteiger partial charge in [-0.3, -0.25) is 4.99 Å². The van der Waals surface area contributed by atoms with Crippen molar-refractivity contribution < 1.29 is 9.84 Å². The van der Waals surface area contributed by atoms with Gasteiger partial charge in [-0.1, -0.05) is 23.7 Å². The first-order chi connectivity index (χ1) is 11.2. The van der Waals surface area contributed by atoms with Crippen LogP contribution in [0.15, 0.2) is 29.3 Å². The maximum atomic E-state index is 9.26. The van der Waals surface area contributed by atoms with Gasteiger partial charge in [-0.15, -0.1) is 0 Å². The van der Waals surface area contributed by atoms with E-state index in [0.29, 0.717) is 6.61 Å². The number of hydrogen-bond acceptors (Lipinski definition) is 3. The molecule has 1 aromatic carbocycles. The van der Waals surface area contributed by atoms with Crippen molar-refractivity contribution in [1.82, 2.24) is 10.6 Å². The first kappa shape index (κ1) is 18.0. The topological polar surface area (TPSA) is 65.9 Å². The van der Waals surface area contributed by atoms with Crippen LogP contribution in [0, 0.1) is 5.41 Å². The van der Waals surface area contributed by atoms with E-state index in [0.717, 1.165) is 49.9 Å². The monoisotopic (exact) mass is 339 g/mol. The van der Waals surface area contributed by atoms with Crippen LogP contribution in [-0.4, -0.2) is 51.0 Å². The van der Waals surface area contributed by atoms with Crippen molar-refractivity contribution in [2.75, 3.05) is 40.0 Å². The highest BCUT2D eigenvalue weighted by atomic mass is 35.5. The lowest BCUT2D eigenvalue weighted by atomic mass is 9.84. The Bertz CT molecular complexity index is 516. The van der Waals surface area contributed by atoms with Crippen LogP contribution < -0.4 is 10.6 Å². The molecule has 5 nitrogen and oxygen atoms in total. The van der Waals surface area contributed by atoms with Crippen molar-refractivity contribution in [3.05, 3.63) is 34.9 Å². The van der Waals surface area contributed by atoms with Gasteiger partial charge in [0.2, 0.25) is 0 Å². The molecule has 6 heteroatoms. The van der Waals surface area contributed by atoms with Gasteiger partial charge >= 0.3 is 0 Å². The SMILES string of the molecule is CN=C(NCCc1cccc(Cl)c1)NCC1(CCO)CCOC1. The number of aliphatic imine (C=N–C) groups is 1. The van der Waals surface area contributed by atoms with Crippen LogP contribution in [0.1, 0.15) is 18.4 Å². The summed E-state index contributed by atoms with van der Waals surface area (Å²) >= 11 is 5.99. The van der Waals surface area contributed by atoms with Crippen LogP contribution in [-0.2, 0) is 11.2 Å². The number of hydrogen-bond donors (Lipinski definition) is 3. The second-order valence-corrected chi connectivity index (χ2v) is 6.45. The molecule has 1 heterocycles. The molecular formula is C17H26ClN3O2. The van der Waals surface area contributed by atoms with Gasteiger partial charge in [-0.05, 0) is 37.0 Å². The number of rotatable bonds is 7. The Morgan fingerprint density at radius 1 is 1.43 bits per heavy atom. The number of ether oxygens (including phenoxy) is 1.